The smallest absolute Gasteiger partial charge is 0.227 e. The molecule has 0 saturated heterocycles. The van der Waals surface area contributed by atoms with Crippen molar-refractivity contribution in [2.24, 2.45) is 0 Å². The predicted molar refractivity (Wildman–Crippen MR) is 171 cm³/mol. The summed E-state index contributed by atoms with van der Waals surface area (Å²) in [6.07, 6.45) is 10.2. The maximum atomic E-state index is 5.98. The molecule has 9 nitrogen and oxygen atoms in total. The molecule has 0 spiro atoms. The van der Waals surface area contributed by atoms with Crippen LogP contribution < -0.4 is 0 Å². The van der Waals surface area contributed by atoms with Crippen LogP contribution in [0.4, 0.5) is 0 Å². The monoisotopic (exact) mass is 582 g/mol. The lowest BCUT2D eigenvalue weighted by Gasteiger charge is -2.10. The molecule has 45 heavy (non-hydrogen) atoms. The highest BCUT2D eigenvalue weighted by Gasteiger charge is 2.15. The molecule has 0 aliphatic carbocycles. The topological polar surface area (TPSA) is 116 Å². The van der Waals surface area contributed by atoms with Crippen LogP contribution in [-0.2, 0) is 0 Å². The number of benzene rings is 4. The zero-order chi connectivity index (χ0) is 30.0. The second kappa shape index (κ2) is 11.3. The molecule has 4 heterocycles. The van der Waals surface area contributed by atoms with E-state index in [9.17, 15) is 0 Å². The highest BCUT2D eigenvalue weighted by Crippen LogP contribution is 2.31. The molecule has 0 radical (unpaired) electrons. The summed E-state index contributed by atoms with van der Waals surface area (Å²) in [5.41, 5.74) is 8.68. The number of aromatic nitrogens is 8. The van der Waals surface area contributed by atoms with Gasteiger partial charge in [0.05, 0.1) is 0 Å². The second-order valence-electron chi connectivity index (χ2n) is 10.3. The molecule has 0 unspecified atom stereocenters. The summed E-state index contributed by atoms with van der Waals surface area (Å²) in [7, 11) is 0. The zero-order valence-electron chi connectivity index (χ0n) is 23.7. The molecule has 8 aromatic rings. The maximum Gasteiger partial charge on any atom is 0.227 e. The second-order valence-corrected chi connectivity index (χ2v) is 10.3. The van der Waals surface area contributed by atoms with Crippen LogP contribution in [0.1, 0.15) is 0 Å². The molecular formula is C36H22N8O. The molecule has 212 valence electrons. The number of fused-ring (bicyclic) bond motifs is 1. The predicted octanol–water partition coefficient (Wildman–Crippen LogP) is 7.59. The molecule has 0 aliphatic rings. The van der Waals surface area contributed by atoms with E-state index in [0.717, 1.165) is 55.6 Å². The summed E-state index contributed by atoms with van der Waals surface area (Å²) in [5.74, 6) is 2.19. The van der Waals surface area contributed by atoms with Crippen molar-refractivity contribution in [3.8, 4) is 67.9 Å². The van der Waals surface area contributed by atoms with E-state index in [1.165, 1.54) is 12.7 Å². The third-order valence-corrected chi connectivity index (χ3v) is 7.35. The Hall–Kier alpha value is -6.48. The van der Waals surface area contributed by atoms with E-state index in [1.807, 2.05) is 97.1 Å². The number of hydrogen-bond acceptors (Lipinski definition) is 9. The molecule has 0 bridgehead atoms. The summed E-state index contributed by atoms with van der Waals surface area (Å²) in [5, 5.41) is 0. The molecule has 0 amide bonds. The average Bonchev–Trinajstić information content (AvgIpc) is 3.57. The molecule has 4 aromatic heterocycles. The minimum absolute atomic E-state index is 0.543. The molecule has 0 saturated carbocycles. The first-order chi connectivity index (χ1) is 22.3. The number of oxazole rings is 1. The van der Waals surface area contributed by atoms with Crippen molar-refractivity contribution in [2.75, 3.05) is 0 Å². The largest absolute Gasteiger partial charge is 0.436 e. The van der Waals surface area contributed by atoms with Crippen LogP contribution in [0.5, 0.6) is 0 Å². The first kappa shape index (κ1) is 26.2. The number of nitrogens with zero attached hydrogens (tertiary/aromatic N) is 8. The van der Waals surface area contributed by atoms with Crippen LogP contribution in [0.15, 0.2) is 139 Å². The van der Waals surface area contributed by atoms with Gasteiger partial charge in [-0.1, -0.05) is 60.7 Å². The summed E-state index contributed by atoms with van der Waals surface area (Å²) in [6.45, 7) is 0. The van der Waals surface area contributed by atoms with E-state index < -0.39 is 0 Å². The third-order valence-electron chi connectivity index (χ3n) is 7.35. The molecule has 0 fully saturated rings. The molecule has 9 heteroatoms. The fourth-order valence-electron chi connectivity index (χ4n) is 5.09. The van der Waals surface area contributed by atoms with Crippen molar-refractivity contribution in [1.82, 2.24) is 39.9 Å². The molecule has 0 atom stereocenters. The quantitative estimate of drug-likeness (QED) is 0.195. The van der Waals surface area contributed by atoms with Crippen LogP contribution in [-0.4, -0.2) is 39.9 Å². The Bertz CT molecular complexity index is 2140. The molecule has 8 rings (SSSR count). The van der Waals surface area contributed by atoms with Gasteiger partial charge in [-0.05, 0) is 47.5 Å². The normalized spacial score (nSPS) is 11.1. The van der Waals surface area contributed by atoms with Crippen molar-refractivity contribution in [3.05, 3.63) is 135 Å². The minimum Gasteiger partial charge on any atom is -0.436 e. The first-order valence-electron chi connectivity index (χ1n) is 14.2. The Morgan fingerprint density at radius 2 is 0.867 bits per heavy atom. The van der Waals surface area contributed by atoms with Crippen LogP contribution in [0, 0.1) is 0 Å². The first-order valence-corrected chi connectivity index (χ1v) is 14.2. The van der Waals surface area contributed by atoms with Gasteiger partial charge in [-0.2, -0.15) is 0 Å². The van der Waals surface area contributed by atoms with Crippen molar-refractivity contribution < 1.29 is 4.42 Å². The van der Waals surface area contributed by atoms with Crippen molar-refractivity contribution in [2.45, 2.75) is 0 Å². The fourth-order valence-corrected chi connectivity index (χ4v) is 5.09. The van der Waals surface area contributed by atoms with Gasteiger partial charge in [0.25, 0.3) is 0 Å². The van der Waals surface area contributed by atoms with Gasteiger partial charge in [-0.15, -0.1) is 0 Å². The lowest BCUT2D eigenvalue weighted by molar-refractivity contribution is 0.620. The lowest BCUT2D eigenvalue weighted by atomic mass is 10.0. The Morgan fingerprint density at radius 1 is 0.378 bits per heavy atom. The highest BCUT2D eigenvalue weighted by molar-refractivity contribution is 5.77. The average molecular weight is 583 g/mol. The molecule has 0 aliphatic heterocycles. The Labute approximate surface area is 257 Å². The fraction of sp³-hybridized carbons (Fsp3) is 0. The van der Waals surface area contributed by atoms with Crippen molar-refractivity contribution in [1.29, 1.82) is 0 Å². The summed E-state index contributed by atoms with van der Waals surface area (Å²) in [4.78, 5) is 36.2. The summed E-state index contributed by atoms with van der Waals surface area (Å²) < 4.78 is 5.98. The van der Waals surface area contributed by atoms with Crippen molar-refractivity contribution in [3.63, 3.8) is 0 Å². The Balaban J connectivity index is 1.23. The molecular weight excluding hydrogens is 560 g/mol. The SMILES string of the molecule is c1cc(-c2cncnc2)cc(-c2nc(-c3ccc(-c4nc5ccccc5o4)cc3)nc(-c3cccc(-c4cncnc4)c3)n2)c1. The highest BCUT2D eigenvalue weighted by atomic mass is 16.3. The zero-order valence-corrected chi connectivity index (χ0v) is 23.7. The van der Waals surface area contributed by atoms with E-state index in [1.54, 1.807) is 24.8 Å². The van der Waals surface area contributed by atoms with Gasteiger partial charge < -0.3 is 4.42 Å². The van der Waals surface area contributed by atoms with E-state index in [0.29, 0.717) is 23.4 Å². The summed E-state index contributed by atoms with van der Waals surface area (Å²) >= 11 is 0. The van der Waals surface area contributed by atoms with Gasteiger partial charge in [0.15, 0.2) is 23.1 Å². The van der Waals surface area contributed by atoms with Crippen LogP contribution in [0.3, 0.4) is 0 Å². The minimum atomic E-state index is 0.543. The maximum absolute atomic E-state index is 5.98. The van der Waals surface area contributed by atoms with Gasteiger partial charge in [0.2, 0.25) is 5.89 Å². The number of hydrogen-bond donors (Lipinski definition) is 0. The van der Waals surface area contributed by atoms with Crippen LogP contribution in [0.25, 0.3) is 79.0 Å². The lowest BCUT2D eigenvalue weighted by Crippen LogP contribution is -2.00. The van der Waals surface area contributed by atoms with E-state index in [-0.39, 0.29) is 0 Å². The molecule has 4 aromatic carbocycles. The Kier molecular flexibility index (Phi) is 6.58. The van der Waals surface area contributed by atoms with Gasteiger partial charge >= 0.3 is 0 Å². The van der Waals surface area contributed by atoms with Gasteiger partial charge in [0.1, 0.15) is 18.2 Å². The number of rotatable bonds is 6. The third kappa shape index (κ3) is 5.30. The molecule has 0 N–H and O–H groups in total. The van der Waals surface area contributed by atoms with Crippen LogP contribution in [0.2, 0.25) is 0 Å². The van der Waals surface area contributed by atoms with Gasteiger partial charge in [-0.25, -0.2) is 39.9 Å². The number of para-hydroxylation sites is 2. The van der Waals surface area contributed by atoms with Gasteiger partial charge in [-0.3, -0.25) is 0 Å². The van der Waals surface area contributed by atoms with Gasteiger partial charge in [0, 0.05) is 58.2 Å². The Morgan fingerprint density at radius 3 is 1.42 bits per heavy atom. The van der Waals surface area contributed by atoms with Crippen molar-refractivity contribution >= 4 is 11.1 Å². The van der Waals surface area contributed by atoms with E-state index in [2.05, 4.69) is 24.9 Å². The van der Waals surface area contributed by atoms with E-state index >= 15 is 0 Å². The summed E-state index contributed by atoms with van der Waals surface area (Å²) in [6, 6.07) is 31.7. The standard InChI is InChI=1S/C36H22N8O/c1-2-10-32-31(9-1)41-36(45-32)24-13-11-23(12-14-24)33-42-34(27-7-3-5-25(15-27)29-17-37-21-38-18-29)44-35(43-33)28-8-4-6-26(16-28)30-19-39-22-40-20-30/h1-22H. The van der Waals surface area contributed by atoms with Crippen LogP contribution >= 0.6 is 0 Å². The van der Waals surface area contributed by atoms with E-state index in [4.69, 9.17) is 19.4 Å².